The van der Waals surface area contributed by atoms with Crippen LogP contribution in [0.25, 0.3) is 0 Å². The maximum Gasteiger partial charge on any atom is 0.262 e. The third-order valence-corrected chi connectivity index (χ3v) is 5.03. The second kappa shape index (κ2) is 8.44. The Balaban J connectivity index is 1.58. The number of likely N-dealkylation sites (N-methyl/N-ethyl adjacent to an activating group) is 1. The summed E-state index contributed by atoms with van der Waals surface area (Å²) in [6.07, 6.45) is 0. The van der Waals surface area contributed by atoms with E-state index >= 15 is 0 Å². The van der Waals surface area contributed by atoms with Crippen LogP contribution in [0.2, 0.25) is 0 Å². The minimum absolute atomic E-state index is 0.00352. The van der Waals surface area contributed by atoms with Gasteiger partial charge in [0.1, 0.15) is 5.75 Å². The molecule has 3 rings (SSSR count). The summed E-state index contributed by atoms with van der Waals surface area (Å²) in [6.45, 7) is 10.3. The molecule has 2 aromatic carbocycles. The first-order chi connectivity index (χ1) is 12.9. The molecule has 0 spiro atoms. The molecule has 2 aromatic rings. The van der Waals surface area contributed by atoms with Gasteiger partial charge in [0.25, 0.3) is 5.91 Å². The molecule has 0 atom stereocenters. The standard InChI is InChI=1S/C22H29N3O2/c1-16-5-6-17(2)21(13-16)27-15-22(26)23-19-7-8-20(18(3)14-19)25-11-9-24(4)10-12-25/h5-8,13-14H,9-12,15H2,1-4H3,(H,23,26). The van der Waals surface area contributed by atoms with Gasteiger partial charge < -0.3 is 19.9 Å². The number of hydrogen-bond donors (Lipinski definition) is 1. The van der Waals surface area contributed by atoms with Crippen molar-refractivity contribution in [2.24, 2.45) is 0 Å². The minimum atomic E-state index is -0.150. The molecule has 5 nitrogen and oxygen atoms in total. The number of nitrogens with zero attached hydrogens (tertiary/aromatic N) is 2. The molecule has 1 saturated heterocycles. The highest BCUT2D eigenvalue weighted by molar-refractivity contribution is 5.92. The van der Waals surface area contributed by atoms with Crippen molar-refractivity contribution in [2.75, 3.05) is 50.1 Å². The number of carbonyl (C=O) groups excluding carboxylic acids is 1. The van der Waals surface area contributed by atoms with E-state index in [1.807, 2.05) is 44.2 Å². The number of nitrogens with one attached hydrogen (secondary N) is 1. The van der Waals surface area contributed by atoms with E-state index in [9.17, 15) is 4.79 Å². The Morgan fingerprint density at radius 2 is 1.74 bits per heavy atom. The molecule has 1 N–H and O–H groups in total. The number of piperazine rings is 1. The Bertz CT molecular complexity index is 811. The van der Waals surface area contributed by atoms with Crippen LogP contribution in [0.15, 0.2) is 36.4 Å². The van der Waals surface area contributed by atoms with Crippen molar-refractivity contribution in [1.82, 2.24) is 4.90 Å². The van der Waals surface area contributed by atoms with Crippen LogP contribution in [-0.2, 0) is 4.79 Å². The van der Waals surface area contributed by atoms with E-state index in [1.54, 1.807) is 0 Å². The monoisotopic (exact) mass is 367 g/mol. The van der Waals surface area contributed by atoms with Gasteiger partial charge in [-0.3, -0.25) is 4.79 Å². The number of aryl methyl sites for hydroxylation is 3. The summed E-state index contributed by atoms with van der Waals surface area (Å²) in [5, 5.41) is 2.93. The van der Waals surface area contributed by atoms with Crippen LogP contribution in [0.1, 0.15) is 16.7 Å². The fourth-order valence-electron chi connectivity index (χ4n) is 3.34. The number of amides is 1. The molecule has 5 heteroatoms. The van der Waals surface area contributed by atoms with Crippen LogP contribution in [-0.4, -0.2) is 50.6 Å². The highest BCUT2D eigenvalue weighted by Crippen LogP contribution is 2.25. The van der Waals surface area contributed by atoms with Gasteiger partial charge in [-0.15, -0.1) is 0 Å². The molecule has 1 heterocycles. The first kappa shape index (κ1) is 19.2. The van der Waals surface area contributed by atoms with Gasteiger partial charge in [0.2, 0.25) is 0 Å². The topological polar surface area (TPSA) is 44.8 Å². The summed E-state index contributed by atoms with van der Waals surface area (Å²) in [6, 6.07) is 12.1. The molecule has 0 aromatic heterocycles. The molecule has 0 radical (unpaired) electrons. The van der Waals surface area contributed by atoms with E-state index in [0.29, 0.717) is 0 Å². The molecule has 0 aliphatic carbocycles. The lowest BCUT2D eigenvalue weighted by Gasteiger charge is -2.35. The molecule has 0 saturated carbocycles. The van der Waals surface area contributed by atoms with Crippen molar-refractivity contribution in [3.05, 3.63) is 53.1 Å². The van der Waals surface area contributed by atoms with Crippen molar-refractivity contribution in [1.29, 1.82) is 0 Å². The molecular weight excluding hydrogens is 338 g/mol. The van der Waals surface area contributed by atoms with Crippen molar-refractivity contribution < 1.29 is 9.53 Å². The Hall–Kier alpha value is -2.53. The maximum absolute atomic E-state index is 12.3. The Labute approximate surface area is 161 Å². The average Bonchev–Trinajstić information content (AvgIpc) is 2.63. The Kier molecular flexibility index (Phi) is 6.01. The van der Waals surface area contributed by atoms with Crippen molar-refractivity contribution in [3.8, 4) is 5.75 Å². The summed E-state index contributed by atoms with van der Waals surface area (Å²) in [5.74, 6) is 0.606. The van der Waals surface area contributed by atoms with Gasteiger partial charge in [-0.1, -0.05) is 12.1 Å². The van der Waals surface area contributed by atoms with E-state index in [4.69, 9.17) is 4.74 Å². The van der Waals surface area contributed by atoms with Gasteiger partial charge in [0.15, 0.2) is 6.61 Å². The van der Waals surface area contributed by atoms with E-state index < -0.39 is 0 Å². The lowest BCUT2D eigenvalue weighted by Crippen LogP contribution is -2.44. The fraction of sp³-hybridized carbons (Fsp3) is 0.409. The van der Waals surface area contributed by atoms with Crippen LogP contribution < -0.4 is 15.0 Å². The van der Waals surface area contributed by atoms with Gasteiger partial charge in [-0.05, 0) is 68.8 Å². The van der Waals surface area contributed by atoms with E-state index in [1.165, 1.54) is 11.3 Å². The van der Waals surface area contributed by atoms with Crippen LogP contribution >= 0.6 is 0 Å². The number of ether oxygens (including phenoxy) is 1. The van der Waals surface area contributed by atoms with Gasteiger partial charge in [-0.2, -0.15) is 0 Å². The minimum Gasteiger partial charge on any atom is -0.483 e. The van der Waals surface area contributed by atoms with Crippen LogP contribution in [0.4, 0.5) is 11.4 Å². The normalized spacial score (nSPS) is 14.9. The van der Waals surface area contributed by atoms with E-state index in [2.05, 4.69) is 35.2 Å². The van der Waals surface area contributed by atoms with E-state index in [0.717, 1.165) is 48.7 Å². The van der Waals surface area contributed by atoms with Crippen LogP contribution in [0, 0.1) is 20.8 Å². The highest BCUT2D eigenvalue weighted by atomic mass is 16.5. The number of hydrogen-bond acceptors (Lipinski definition) is 4. The molecule has 1 amide bonds. The summed E-state index contributed by atoms with van der Waals surface area (Å²) in [4.78, 5) is 17.0. The second-order valence-electron chi connectivity index (χ2n) is 7.40. The molecular formula is C22H29N3O2. The molecule has 27 heavy (non-hydrogen) atoms. The van der Waals surface area contributed by atoms with Gasteiger partial charge >= 0.3 is 0 Å². The lowest BCUT2D eigenvalue weighted by atomic mass is 10.1. The SMILES string of the molecule is Cc1ccc(C)c(OCC(=O)Nc2ccc(N3CCN(C)CC3)c(C)c2)c1. The summed E-state index contributed by atoms with van der Waals surface area (Å²) >= 11 is 0. The molecule has 1 aliphatic heterocycles. The second-order valence-corrected chi connectivity index (χ2v) is 7.40. The number of carbonyl (C=O) groups is 1. The lowest BCUT2D eigenvalue weighted by molar-refractivity contribution is -0.118. The molecule has 1 fully saturated rings. The van der Waals surface area contributed by atoms with Crippen molar-refractivity contribution >= 4 is 17.3 Å². The summed E-state index contributed by atoms with van der Waals surface area (Å²) < 4.78 is 5.69. The zero-order valence-electron chi connectivity index (χ0n) is 16.7. The first-order valence-electron chi connectivity index (χ1n) is 9.46. The zero-order chi connectivity index (χ0) is 19.4. The van der Waals surface area contributed by atoms with Crippen LogP contribution in [0.5, 0.6) is 5.75 Å². The quantitative estimate of drug-likeness (QED) is 0.880. The third-order valence-electron chi connectivity index (χ3n) is 5.03. The summed E-state index contributed by atoms with van der Waals surface area (Å²) in [7, 11) is 2.16. The molecule has 144 valence electrons. The molecule has 0 unspecified atom stereocenters. The van der Waals surface area contributed by atoms with E-state index in [-0.39, 0.29) is 12.5 Å². The summed E-state index contributed by atoms with van der Waals surface area (Å²) in [5.41, 5.74) is 5.37. The highest BCUT2D eigenvalue weighted by Gasteiger charge is 2.16. The van der Waals surface area contributed by atoms with Gasteiger partial charge in [0, 0.05) is 37.6 Å². The Morgan fingerprint density at radius 1 is 1.00 bits per heavy atom. The number of benzene rings is 2. The van der Waals surface area contributed by atoms with Gasteiger partial charge in [0.05, 0.1) is 0 Å². The van der Waals surface area contributed by atoms with Crippen molar-refractivity contribution in [2.45, 2.75) is 20.8 Å². The predicted octanol–water partition coefficient (Wildman–Crippen LogP) is 3.38. The molecule has 1 aliphatic rings. The average molecular weight is 367 g/mol. The number of anilines is 2. The number of rotatable bonds is 5. The Morgan fingerprint density at radius 3 is 2.44 bits per heavy atom. The zero-order valence-corrected chi connectivity index (χ0v) is 16.7. The predicted molar refractivity (Wildman–Crippen MR) is 111 cm³/mol. The first-order valence-corrected chi connectivity index (χ1v) is 9.46. The van der Waals surface area contributed by atoms with Crippen molar-refractivity contribution in [3.63, 3.8) is 0 Å². The van der Waals surface area contributed by atoms with Gasteiger partial charge in [-0.25, -0.2) is 0 Å². The smallest absolute Gasteiger partial charge is 0.262 e. The van der Waals surface area contributed by atoms with Crippen LogP contribution in [0.3, 0.4) is 0 Å². The largest absolute Gasteiger partial charge is 0.483 e. The molecule has 0 bridgehead atoms. The fourth-order valence-corrected chi connectivity index (χ4v) is 3.34. The maximum atomic E-state index is 12.3. The third kappa shape index (κ3) is 5.01.